The van der Waals surface area contributed by atoms with E-state index in [4.69, 9.17) is 15.2 Å². The molecule has 2 N–H and O–H groups in total. The summed E-state index contributed by atoms with van der Waals surface area (Å²) in [5, 5.41) is 0. The first-order valence-corrected chi connectivity index (χ1v) is 7.77. The largest absolute Gasteiger partial charge is 0.490 e. The van der Waals surface area contributed by atoms with Crippen molar-refractivity contribution in [1.82, 2.24) is 0 Å². The predicted molar refractivity (Wildman–Crippen MR) is 90.1 cm³/mol. The summed E-state index contributed by atoms with van der Waals surface area (Å²) in [6.45, 7) is 5.24. The van der Waals surface area contributed by atoms with Gasteiger partial charge in [0.2, 0.25) is 0 Å². The lowest BCUT2D eigenvalue weighted by Crippen LogP contribution is -2.11. The summed E-state index contributed by atoms with van der Waals surface area (Å²) in [5.74, 6) is 2.00. The molecule has 0 heterocycles. The summed E-state index contributed by atoms with van der Waals surface area (Å²) in [6.07, 6.45) is 0. The highest BCUT2D eigenvalue weighted by molar-refractivity contribution is 9.10. The van der Waals surface area contributed by atoms with Crippen molar-refractivity contribution in [3.05, 3.63) is 52.5 Å². The number of nitrogens with two attached hydrogens (primary N) is 1. The number of benzene rings is 2. The van der Waals surface area contributed by atoms with Gasteiger partial charge in [0, 0.05) is 4.47 Å². The van der Waals surface area contributed by atoms with Crippen LogP contribution in [0.2, 0.25) is 0 Å². The molecule has 4 heteroatoms. The number of hydrogen-bond donors (Lipinski definition) is 1. The van der Waals surface area contributed by atoms with Gasteiger partial charge < -0.3 is 15.2 Å². The van der Waals surface area contributed by atoms with E-state index in [1.807, 2.05) is 36.4 Å². The number of halogens is 1. The molecular weight excluding hydrogens is 330 g/mol. The fraction of sp³-hybridized carbons (Fsp3) is 0.294. The molecule has 21 heavy (non-hydrogen) atoms. The smallest absolute Gasteiger partial charge is 0.142 e. The summed E-state index contributed by atoms with van der Waals surface area (Å²) in [7, 11) is 0. The zero-order chi connectivity index (χ0) is 15.2. The monoisotopic (exact) mass is 349 g/mol. The highest BCUT2D eigenvalue weighted by Gasteiger charge is 2.08. The molecule has 0 aromatic heterocycles. The van der Waals surface area contributed by atoms with Crippen molar-refractivity contribution < 1.29 is 9.47 Å². The minimum absolute atomic E-state index is 0.406. The Morgan fingerprint density at radius 3 is 2.33 bits per heavy atom. The predicted octanol–water partition coefficient (Wildman–Crippen LogP) is 4.61. The molecule has 2 aromatic rings. The van der Waals surface area contributed by atoms with Gasteiger partial charge >= 0.3 is 0 Å². The Balaban J connectivity index is 1.91. The van der Waals surface area contributed by atoms with E-state index in [1.54, 1.807) is 0 Å². The molecule has 2 rings (SSSR count). The number of hydrogen-bond acceptors (Lipinski definition) is 3. The van der Waals surface area contributed by atoms with E-state index >= 15 is 0 Å². The van der Waals surface area contributed by atoms with Crippen molar-refractivity contribution in [3.8, 4) is 11.5 Å². The molecular formula is C17H20BrNO2. The van der Waals surface area contributed by atoms with Gasteiger partial charge in [-0.05, 0) is 41.8 Å². The number of rotatable bonds is 6. The topological polar surface area (TPSA) is 44.5 Å². The molecule has 0 radical (unpaired) electrons. The Hall–Kier alpha value is -1.68. The second kappa shape index (κ2) is 7.36. The minimum Gasteiger partial charge on any atom is -0.490 e. The van der Waals surface area contributed by atoms with Gasteiger partial charge in [-0.2, -0.15) is 0 Å². The van der Waals surface area contributed by atoms with E-state index < -0.39 is 0 Å². The van der Waals surface area contributed by atoms with Gasteiger partial charge in [-0.1, -0.05) is 41.9 Å². The maximum atomic E-state index is 5.83. The minimum atomic E-state index is 0.406. The Labute approximate surface area is 134 Å². The zero-order valence-corrected chi connectivity index (χ0v) is 13.9. The lowest BCUT2D eigenvalue weighted by molar-refractivity contribution is 0.216. The average Bonchev–Trinajstić information content (AvgIpc) is 2.46. The van der Waals surface area contributed by atoms with Crippen molar-refractivity contribution in [1.29, 1.82) is 0 Å². The molecule has 0 aliphatic heterocycles. The van der Waals surface area contributed by atoms with Crippen LogP contribution < -0.4 is 15.2 Å². The van der Waals surface area contributed by atoms with Crippen molar-refractivity contribution in [3.63, 3.8) is 0 Å². The normalized spacial score (nSPS) is 10.7. The van der Waals surface area contributed by atoms with Crippen LogP contribution >= 0.6 is 15.9 Å². The molecule has 0 bridgehead atoms. The van der Waals surface area contributed by atoms with Gasteiger partial charge in [-0.25, -0.2) is 0 Å². The third kappa shape index (κ3) is 4.39. The van der Waals surface area contributed by atoms with Gasteiger partial charge in [-0.3, -0.25) is 0 Å². The summed E-state index contributed by atoms with van der Waals surface area (Å²) in [4.78, 5) is 0. The summed E-state index contributed by atoms with van der Waals surface area (Å²) < 4.78 is 12.5. The summed E-state index contributed by atoms with van der Waals surface area (Å²) in [5.41, 5.74) is 7.65. The first-order valence-electron chi connectivity index (χ1n) is 6.97. The van der Waals surface area contributed by atoms with Crippen LogP contribution in [0.4, 0.5) is 5.69 Å². The Morgan fingerprint density at radius 2 is 1.67 bits per heavy atom. The van der Waals surface area contributed by atoms with Crippen LogP contribution in [0.25, 0.3) is 0 Å². The molecule has 3 nitrogen and oxygen atoms in total. The molecule has 0 aliphatic rings. The standard InChI is InChI=1S/C17H20BrNO2/c1-12(2)14-11-13(18)7-8-16(14)20-9-10-21-17-6-4-3-5-15(17)19/h3-8,11-12H,9-10,19H2,1-2H3. The lowest BCUT2D eigenvalue weighted by atomic mass is 10.0. The van der Waals surface area contributed by atoms with Gasteiger partial charge in [0.05, 0.1) is 5.69 Å². The van der Waals surface area contributed by atoms with Gasteiger partial charge in [0.1, 0.15) is 24.7 Å². The van der Waals surface area contributed by atoms with Crippen molar-refractivity contribution in [2.45, 2.75) is 19.8 Å². The van der Waals surface area contributed by atoms with Crippen LogP contribution in [0, 0.1) is 0 Å². The second-order valence-corrected chi connectivity index (χ2v) is 5.99. The Kier molecular flexibility index (Phi) is 5.51. The fourth-order valence-electron chi connectivity index (χ4n) is 2.02. The van der Waals surface area contributed by atoms with Crippen LogP contribution in [-0.4, -0.2) is 13.2 Å². The summed E-state index contributed by atoms with van der Waals surface area (Å²) in [6, 6.07) is 13.5. The van der Waals surface area contributed by atoms with E-state index in [1.165, 1.54) is 5.56 Å². The number of ether oxygens (including phenoxy) is 2. The molecule has 112 valence electrons. The van der Waals surface area contributed by atoms with Crippen LogP contribution in [0.3, 0.4) is 0 Å². The number of nitrogen functional groups attached to an aromatic ring is 1. The molecule has 0 fully saturated rings. The lowest BCUT2D eigenvalue weighted by Gasteiger charge is -2.15. The Bertz CT molecular complexity index is 599. The first-order chi connectivity index (χ1) is 10.1. The molecule has 0 saturated carbocycles. The van der Waals surface area contributed by atoms with E-state index in [2.05, 4.69) is 35.8 Å². The number of anilines is 1. The molecule has 0 spiro atoms. The van der Waals surface area contributed by atoms with E-state index in [0.29, 0.717) is 30.6 Å². The van der Waals surface area contributed by atoms with Crippen LogP contribution in [0.5, 0.6) is 11.5 Å². The van der Waals surface area contributed by atoms with E-state index in [-0.39, 0.29) is 0 Å². The molecule has 2 aromatic carbocycles. The first kappa shape index (κ1) is 15.7. The average molecular weight is 350 g/mol. The maximum absolute atomic E-state index is 5.83. The summed E-state index contributed by atoms with van der Waals surface area (Å²) >= 11 is 3.49. The third-order valence-electron chi connectivity index (χ3n) is 3.11. The third-order valence-corrected chi connectivity index (χ3v) is 3.60. The second-order valence-electron chi connectivity index (χ2n) is 5.07. The quantitative estimate of drug-likeness (QED) is 0.611. The maximum Gasteiger partial charge on any atom is 0.142 e. The SMILES string of the molecule is CC(C)c1cc(Br)ccc1OCCOc1ccccc1N. The fourth-order valence-corrected chi connectivity index (χ4v) is 2.40. The molecule has 0 atom stereocenters. The molecule has 0 saturated heterocycles. The molecule has 0 aliphatic carbocycles. The van der Waals surface area contributed by atoms with Gasteiger partial charge in [0.15, 0.2) is 0 Å². The van der Waals surface area contributed by atoms with Crippen LogP contribution in [0.1, 0.15) is 25.3 Å². The van der Waals surface area contributed by atoms with E-state index in [9.17, 15) is 0 Å². The van der Waals surface area contributed by atoms with Crippen LogP contribution in [0.15, 0.2) is 46.9 Å². The van der Waals surface area contributed by atoms with Gasteiger partial charge in [-0.15, -0.1) is 0 Å². The molecule has 0 amide bonds. The highest BCUT2D eigenvalue weighted by atomic mass is 79.9. The highest BCUT2D eigenvalue weighted by Crippen LogP contribution is 2.29. The Morgan fingerprint density at radius 1 is 1.00 bits per heavy atom. The van der Waals surface area contributed by atoms with Crippen molar-refractivity contribution >= 4 is 21.6 Å². The van der Waals surface area contributed by atoms with Crippen molar-refractivity contribution in [2.24, 2.45) is 0 Å². The number of para-hydroxylation sites is 2. The van der Waals surface area contributed by atoms with Crippen LogP contribution in [-0.2, 0) is 0 Å². The van der Waals surface area contributed by atoms with Gasteiger partial charge in [0.25, 0.3) is 0 Å². The van der Waals surface area contributed by atoms with E-state index in [0.717, 1.165) is 10.2 Å². The van der Waals surface area contributed by atoms with Crippen molar-refractivity contribution in [2.75, 3.05) is 18.9 Å². The zero-order valence-electron chi connectivity index (χ0n) is 12.3. The molecule has 0 unspecified atom stereocenters.